The lowest BCUT2D eigenvalue weighted by Gasteiger charge is -1.99. The van der Waals surface area contributed by atoms with E-state index in [0.29, 0.717) is 5.56 Å². The van der Waals surface area contributed by atoms with Gasteiger partial charge in [0.05, 0.1) is 29.1 Å². The van der Waals surface area contributed by atoms with Gasteiger partial charge in [-0.1, -0.05) is 35.6 Å². The zero-order chi connectivity index (χ0) is 15.4. The Labute approximate surface area is 131 Å². The molecule has 3 rings (SSSR count). The van der Waals surface area contributed by atoms with Gasteiger partial charge in [0.15, 0.2) is 0 Å². The normalized spacial score (nSPS) is 11.0. The van der Waals surface area contributed by atoms with E-state index in [-0.39, 0.29) is 5.97 Å². The molecule has 2 aromatic carbocycles. The van der Waals surface area contributed by atoms with Crippen LogP contribution in [0.3, 0.4) is 0 Å². The number of rotatable bonds is 4. The van der Waals surface area contributed by atoms with Crippen LogP contribution in [0.5, 0.6) is 0 Å². The van der Waals surface area contributed by atoms with Gasteiger partial charge in [-0.15, -0.1) is 0 Å². The number of carbonyl (C=O) groups is 1. The molecule has 0 amide bonds. The molecular weight excluding hydrogens is 298 g/mol. The molecule has 0 fully saturated rings. The Morgan fingerprint density at radius 1 is 1.23 bits per heavy atom. The number of hydrazone groups is 1. The van der Waals surface area contributed by atoms with Crippen molar-refractivity contribution in [2.45, 2.75) is 0 Å². The molecule has 0 bridgehead atoms. The minimum Gasteiger partial charge on any atom is -0.465 e. The first-order valence-electron chi connectivity index (χ1n) is 6.59. The Kier molecular flexibility index (Phi) is 4.11. The number of fused-ring (bicyclic) bond motifs is 1. The minimum absolute atomic E-state index is 0.351. The standard InChI is InChI=1S/C16H13N3O2S/c1-21-15(20)12-8-6-11(7-9-12)10-17-19-16-18-13-4-2-3-5-14(13)22-16/h2-10H,1H3,(H,18,19)/b17-10-. The van der Waals surface area contributed by atoms with E-state index < -0.39 is 0 Å². The average molecular weight is 311 g/mol. The Bertz CT molecular complexity index is 792. The fraction of sp³-hybridized carbons (Fsp3) is 0.0625. The van der Waals surface area contributed by atoms with Crippen molar-refractivity contribution in [1.29, 1.82) is 0 Å². The zero-order valence-electron chi connectivity index (χ0n) is 11.8. The summed E-state index contributed by atoms with van der Waals surface area (Å²) in [5.41, 5.74) is 5.26. The second-order valence-corrected chi connectivity index (χ2v) is 5.50. The predicted octanol–water partition coefficient (Wildman–Crippen LogP) is 3.53. The van der Waals surface area contributed by atoms with E-state index in [4.69, 9.17) is 0 Å². The number of aromatic nitrogens is 1. The van der Waals surface area contributed by atoms with Gasteiger partial charge in [0.2, 0.25) is 5.13 Å². The number of nitrogens with zero attached hydrogens (tertiary/aromatic N) is 2. The molecule has 0 saturated heterocycles. The molecule has 0 aliphatic rings. The highest BCUT2D eigenvalue weighted by Crippen LogP contribution is 2.25. The quantitative estimate of drug-likeness (QED) is 0.455. The number of esters is 1. The fourth-order valence-corrected chi connectivity index (χ4v) is 2.72. The largest absolute Gasteiger partial charge is 0.465 e. The SMILES string of the molecule is COC(=O)c1ccc(/C=N\Nc2nc3ccccc3s2)cc1. The van der Waals surface area contributed by atoms with Crippen LogP contribution in [0.2, 0.25) is 0 Å². The molecule has 0 unspecified atom stereocenters. The molecule has 1 aromatic heterocycles. The number of hydrogen-bond acceptors (Lipinski definition) is 6. The van der Waals surface area contributed by atoms with Crippen LogP contribution in [0, 0.1) is 0 Å². The van der Waals surface area contributed by atoms with Crippen molar-refractivity contribution in [3.8, 4) is 0 Å². The summed E-state index contributed by atoms with van der Waals surface area (Å²) < 4.78 is 5.77. The zero-order valence-corrected chi connectivity index (χ0v) is 12.6. The maximum atomic E-state index is 11.3. The van der Waals surface area contributed by atoms with E-state index >= 15 is 0 Å². The van der Waals surface area contributed by atoms with Crippen molar-refractivity contribution in [3.63, 3.8) is 0 Å². The average Bonchev–Trinajstić information content (AvgIpc) is 2.97. The van der Waals surface area contributed by atoms with E-state index in [9.17, 15) is 4.79 Å². The number of ether oxygens (including phenoxy) is 1. The van der Waals surface area contributed by atoms with Gasteiger partial charge in [0.1, 0.15) is 0 Å². The molecule has 0 aliphatic carbocycles. The molecule has 22 heavy (non-hydrogen) atoms. The van der Waals surface area contributed by atoms with Crippen LogP contribution in [-0.2, 0) is 4.74 Å². The summed E-state index contributed by atoms with van der Waals surface area (Å²) in [6.07, 6.45) is 1.67. The van der Waals surface area contributed by atoms with Crippen LogP contribution in [-0.4, -0.2) is 24.3 Å². The first-order valence-corrected chi connectivity index (χ1v) is 7.41. The van der Waals surface area contributed by atoms with E-state index in [2.05, 4.69) is 20.2 Å². The van der Waals surface area contributed by atoms with Gasteiger partial charge in [-0.2, -0.15) is 5.10 Å². The lowest BCUT2D eigenvalue weighted by Crippen LogP contribution is -2.00. The van der Waals surface area contributed by atoms with Crippen molar-refractivity contribution in [2.75, 3.05) is 12.5 Å². The number of thiazole rings is 1. The molecule has 3 aromatic rings. The summed E-state index contributed by atoms with van der Waals surface area (Å²) in [5, 5.41) is 4.90. The monoisotopic (exact) mass is 311 g/mol. The predicted molar refractivity (Wildman–Crippen MR) is 88.6 cm³/mol. The number of nitrogens with one attached hydrogen (secondary N) is 1. The molecule has 1 heterocycles. The number of carbonyl (C=O) groups excluding carboxylic acids is 1. The van der Waals surface area contributed by atoms with Crippen LogP contribution in [0.15, 0.2) is 53.6 Å². The summed E-state index contributed by atoms with van der Waals surface area (Å²) in [4.78, 5) is 15.8. The summed E-state index contributed by atoms with van der Waals surface area (Å²) >= 11 is 1.54. The Balaban J connectivity index is 1.67. The summed E-state index contributed by atoms with van der Waals surface area (Å²) in [6, 6.07) is 14.9. The first-order chi connectivity index (χ1) is 10.8. The van der Waals surface area contributed by atoms with Gasteiger partial charge in [-0.3, -0.25) is 5.43 Å². The Morgan fingerprint density at radius 3 is 2.73 bits per heavy atom. The minimum atomic E-state index is -0.351. The van der Waals surface area contributed by atoms with Crippen LogP contribution >= 0.6 is 11.3 Å². The highest BCUT2D eigenvalue weighted by molar-refractivity contribution is 7.22. The third kappa shape index (κ3) is 3.12. The Morgan fingerprint density at radius 2 is 2.00 bits per heavy atom. The van der Waals surface area contributed by atoms with Crippen molar-refractivity contribution >= 4 is 38.9 Å². The van der Waals surface area contributed by atoms with Crippen LogP contribution in [0.1, 0.15) is 15.9 Å². The highest BCUT2D eigenvalue weighted by Gasteiger charge is 2.03. The van der Waals surface area contributed by atoms with Gasteiger partial charge in [0.25, 0.3) is 0 Å². The Hall–Kier alpha value is -2.73. The third-order valence-electron chi connectivity index (χ3n) is 3.00. The van der Waals surface area contributed by atoms with Gasteiger partial charge in [-0.25, -0.2) is 9.78 Å². The molecule has 1 N–H and O–H groups in total. The number of methoxy groups -OCH3 is 1. The summed E-state index contributed by atoms with van der Waals surface area (Å²) in [7, 11) is 1.36. The second-order valence-electron chi connectivity index (χ2n) is 4.47. The van der Waals surface area contributed by atoms with E-state index in [0.717, 1.165) is 20.9 Å². The molecule has 0 saturated carbocycles. The highest BCUT2D eigenvalue weighted by atomic mass is 32.1. The summed E-state index contributed by atoms with van der Waals surface area (Å²) in [5.74, 6) is -0.351. The van der Waals surface area contributed by atoms with E-state index in [1.165, 1.54) is 7.11 Å². The number of anilines is 1. The smallest absolute Gasteiger partial charge is 0.337 e. The van der Waals surface area contributed by atoms with Gasteiger partial charge in [0, 0.05) is 0 Å². The molecule has 0 radical (unpaired) electrons. The molecule has 5 nitrogen and oxygen atoms in total. The number of benzene rings is 2. The fourth-order valence-electron chi connectivity index (χ4n) is 1.91. The van der Waals surface area contributed by atoms with Crippen molar-refractivity contribution < 1.29 is 9.53 Å². The van der Waals surface area contributed by atoms with Crippen LogP contribution < -0.4 is 5.43 Å². The summed E-state index contributed by atoms with van der Waals surface area (Å²) in [6.45, 7) is 0. The molecular formula is C16H13N3O2S. The van der Waals surface area contributed by atoms with Gasteiger partial charge in [-0.05, 0) is 29.8 Å². The van der Waals surface area contributed by atoms with Gasteiger partial charge < -0.3 is 4.74 Å². The van der Waals surface area contributed by atoms with Gasteiger partial charge >= 0.3 is 5.97 Å². The maximum absolute atomic E-state index is 11.3. The van der Waals surface area contributed by atoms with Crippen molar-refractivity contribution in [3.05, 3.63) is 59.7 Å². The topological polar surface area (TPSA) is 63.6 Å². The van der Waals surface area contributed by atoms with Crippen LogP contribution in [0.25, 0.3) is 10.2 Å². The molecule has 6 heteroatoms. The first kappa shape index (κ1) is 14.2. The molecule has 110 valence electrons. The van der Waals surface area contributed by atoms with E-state index in [1.54, 1.807) is 41.8 Å². The van der Waals surface area contributed by atoms with Crippen LogP contribution in [0.4, 0.5) is 5.13 Å². The second kappa shape index (κ2) is 6.36. The van der Waals surface area contributed by atoms with Crippen molar-refractivity contribution in [2.24, 2.45) is 5.10 Å². The lowest BCUT2D eigenvalue weighted by atomic mass is 10.1. The molecule has 0 spiro atoms. The number of hydrogen-bond donors (Lipinski definition) is 1. The van der Waals surface area contributed by atoms with E-state index in [1.807, 2.05) is 24.3 Å². The van der Waals surface area contributed by atoms with Crippen molar-refractivity contribution in [1.82, 2.24) is 4.98 Å². The maximum Gasteiger partial charge on any atom is 0.337 e. The third-order valence-corrected chi connectivity index (χ3v) is 3.94. The number of para-hydroxylation sites is 1. The molecule has 0 aliphatic heterocycles. The lowest BCUT2D eigenvalue weighted by molar-refractivity contribution is 0.0601. The molecule has 0 atom stereocenters.